The number of nitrogens with one attached hydrogen (secondary N) is 1. The van der Waals surface area contributed by atoms with Crippen molar-refractivity contribution >= 4 is 17.7 Å². The van der Waals surface area contributed by atoms with Gasteiger partial charge >= 0.3 is 5.97 Å². The molecule has 0 aliphatic heterocycles. The number of ether oxygens (including phenoxy) is 1. The van der Waals surface area contributed by atoms with E-state index < -0.39 is 5.54 Å². The van der Waals surface area contributed by atoms with Gasteiger partial charge in [-0.3, -0.25) is 14.4 Å². The summed E-state index contributed by atoms with van der Waals surface area (Å²) in [6.45, 7) is 3.71. The van der Waals surface area contributed by atoms with Crippen molar-refractivity contribution in [3.63, 3.8) is 0 Å². The highest BCUT2D eigenvalue weighted by molar-refractivity contribution is 6.10. The van der Waals surface area contributed by atoms with Gasteiger partial charge in [-0.1, -0.05) is 64.0 Å². The van der Waals surface area contributed by atoms with Crippen LogP contribution in [0.3, 0.4) is 0 Å². The van der Waals surface area contributed by atoms with E-state index in [1.165, 1.54) is 39.7 Å². The summed E-state index contributed by atoms with van der Waals surface area (Å²) in [6.07, 6.45) is 17.0. The highest BCUT2D eigenvalue weighted by Gasteiger charge is 2.39. The van der Waals surface area contributed by atoms with Gasteiger partial charge in [0.05, 0.1) is 12.6 Å². The molecule has 0 saturated heterocycles. The summed E-state index contributed by atoms with van der Waals surface area (Å²) in [7, 11) is 1.40. The lowest BCUT2D eigenvalue weighted by Gasteiger charge is -2.30. The number of methoxy groups -OCH3 is 1. The molecule has 0 unspecified atom stereocenters. The van der Waals surface area contributed by atoms with E-state index in [4.69, 9.17) is 0 Å². The fourth-order valence-corrected chi connectivity index (χ4v) is 3.73. The van der Waals surface area contributed by atoms with E-state index in [1.54, 1.807) is 6.08 Å². The highest BCUT2D eigenvalue weighted by atomic mass is 16.5. The standard InChI is InChI=1S/C23H37NO4/c1-4-5-6-7-10-13-17-23(24-19(2)25)18-16-21(26)20(23)14-11-8-9-12-15-22(27)28-3/h14,16,18H,4-13,15,17H2,1-3H3,(H,24,25)/b20-14-/t23-/m1/s1. The van der Waals surface area contributed by atoms with E-state index in [9.17, 15) is 14.4 Å². The molecule has 28 heavy (non-hydrogen) atoms. The van der Waals surface area contributed by atoms with Gasteiger partial charge in [0.2, 0.25) is 5.91 Å². The molecular weight excluding hydrogens is 354 g/mol. The maximum Gasteiger partial charge on any atom is 0.305 e. The summed E-state index contributed by atoms with van der Waals surface area (Å²) in [4.78, 5) is 35.4. The SMILES string of the molecule is CCCCCCCC[C@@]1(NC(C)=O)C=CC(=O)/C1=C/CCCCCC(=O)OC. The van der Waals surface area contributed by atoms with Gasteiger partial charge in [-0.25, -0.2) is 0 Å². The van der Waals surface area contributed by atoms with Gasteiger partial charge in [0.15, 0.2) is 5.78 Å². The zero-order valence-corrected chi connectivity index (χ0v) is 17.9. The summed E-state index contributed by atoms with van der Waals surface area (Å²) >= 11 is 0. The molecule has 1 aliphatic rings. The van der Waals surface area contributed by atoms with Gasteiger partial charge in [-0.15, -0.1) is 0 Å². The molecule has 0 radical (unpaired) electrons. The number of unbranched alkanes of at least 4 members (excludes halogenated alkanes) is 8. The first-order valence-electron chi connectivity index (χ1n) is 10.7. The van der Waals surface area contributed by atoms with Crippen molar-refractivity contribution in [2.45, 2.75) is 96.4 Å². The molecule has 1 N–H and O–H groups in total. The normalized spacial score (nSPS) is 20.0. The van der Waals surface area contributed by atoms with Crippen LogP contribution in [0.1, 0.15) is 90.9 Å². The molecule has 158 valence electrons. The molecule has 0 fully saturated rings. The highest BCUT2D eigenvalue weighted by Crippen LogP contribution is 2.32. The largest absolute Gasteiger partial charge is 0.469 e. The first-order valence-corrected chi connectivity index (χ1v) is 10.7. The summed E-state index contributed by atoms with van der Waals surface area (Å²) < 4.78 is 4.64. The van der Waals surface area contributed by atoms with Crippen LogP contribution in [0.2, 0.25) is 0 Å². The van der Waals surface area contributed by atoms with E-state index in [0.717, 1.165) is 44.9 Å². The molecule has 0 heterocycles. The topological polar surface area (TPSA) is 72.5 Å². The number of ketones is 1. The van der Waals surface area contributed by atoms with Crippen LogP contribution in [0, 0.1) is 0 Å². The quantitative estimate of drug-likeness (QED) is 0.262. The van der Waals surface area contributed by atoms with Crippen LogP contribution >= 0.6 is 0 Å². The minimum atomic E-state index is -0.653. The number of esters is 1. The van der Waals surface area contributed by atoms with E-state index in [2.05, 4.69) is 17.0 Å². The lowest BCUT2D eigenvalue weighted by molar-refractivity contribution is -0.140. The minimum absolute atomic E-state index is 0.00528. The van der Waals surface area contributed by atoms with E-state index >= 15 is 0 Å². The summed E-state index contributed by atoms with van der Waals surface area (Å²) in [6, 6.07) is 0. The van der Waals surface area contributed by atoms with Gasteiger partial charge in [-0.05, 0) is 31.8 Å². The van der Waals surface area contributed by atoms with Crippen LogP contribution in [-0.2, 0) is 19.1 Å². The van der Waals surface area contributed by atoms with Crippen molar-refractivity contribution in [3.8, 4) is 0 Å². The second-order valence-corrected chi connectivity index (χ2v) is 7.66. The van der Waals surface area contributed by atoms with Gasteiger partial charge < -0.3 is 10.1 Å². The molecule has 1 aliphatic carbocycles. The minimum Gasteiger partial charge on any atom is -0.469 e. The van der Waals surface area contributed by atoms with Gasteiger partial charge in [0.1, 0.15) is 0 Å². The monoisotopic (exact) mass is 391 g/mol. The molecular formula is C23H37NO4. The maximum absolute atomic E-state index is 12.4. The Labute approximate surface area is 170 Å². The summed E-state index contributed by atoms with van der Waals surface area (Å²) in [5, 5.41) is 3.04. The average molecular weight is 392 g/mol. The third-order valence-corrected chi connectivity index (χ3v) is 5.25. The van der Waals surface area contributed by atoms with Gasteiger partial charge in [0.25, 0.3) is 0 Å². The smallest absolute Gasteiger partial charge is 0.305 e. The molecule has 1 rings (SSSR count). The summed E-state index contributed by atoms with van der Waals surface area (Å²) in [5.74, 6) is -0.305. The molecule has 0 spiro atoms. The lowest BCUT2D eigenvalue weighted by Crippen LogP contribution is -2.47. The Morgan fingerprint density at radius 2 is 1.75 bits per heavy atom. The van der Waals surface area contributed by atoms with Crippen molar-refractivity contribution in [1.82, 2.24) is 5.32 Å². The molecule has 0 saturated carbocycles. The predicted molar refractivity (Wildman–Crippen MR) is 112 cm³/mol. The van der Waals surface area contributed by atoms with Crippen molar-refractivity contribution in [2.24, 2.45) is 0 Å². The van der Waals surface area contributed by atoms with Gasteiger partial charge in [0, 0.05) is 18.9 Å². The first kappa shape index (κ1) is 24.1. The first-order chi connectivity index (χ1) is 13.4. The van der Waals surface area contributed by atoms with Crippen molar-refractivity contribution in [3.05, 3.63) is 23.8 Å². The third-order valence-electron chi connectivity index (χ3n) is 5.25. The van der Waals surface area contributed by atoms with Crippen LogP contribution in [0.25, 0.3) is 0 Å². The Kier molecular flexibility index (Phi) is 11.5. The predicted octanol–water partition coefficient (Wildman–Crippen LogP) is 4.80. The van der Waals surface area contributed by atoms with Crippen LogP contribution in [0.15, 0.2) is 23.8 Å². The third kappa shape index (κ3) is 8.41. The molecule has 0 aromatic carbocycles. The van der Waals surface area contributed by atoms with E-state index in [-0.39, 0.29) is 17.7 Å². The van der Waals surface area contributed by atoms with Gasteiger partial charge in [-0.2, -0.15) is 0 Å². The zero-order chi connectivity index (χ0) is 20.8. The van der Waals surface area contributed by atoms with Crippen molar-refractivity contribution in [1.29, 1.82) is 0 Å². The number of carbonyl (C=O) groups excluding carboxylic acids is 3. The Morgan fingerprint density at radius 3 is 2.43 bits per heavy atom. The van der Waals surface area contributed by atoms with Crippen molar-refractivity contribution in [2.75, 3.05) is 7.11 Å². The fourth-order valence-electron chi connectivity index (χ4n) is 3.73. The van der Waals surface area contributed by atoms with Crippen molar-refractivity contribution < 1.29 is 19.1 Å². The number of hydrogen-bond acceptors (Lipinski definition) is 4. The van der Waals surface area contributed by atoms with Crippen LogP contribution < -0.4 is 5.32 Å². The number of carbonyl (C=O) groups is 3. The second-order valence-electron chi connectivity index (χ2n) is 7.66. The molecule has 1 amide bonds. The molecule has 5 nitrogen and oxygen atoms in total. The van der Waals surface area contributed by atoms with E-state index in [1.807, 2.05) is 12.2 Å². The lowest BCUT2D eigenvalue weighted by atomic mass is 9.85. The molecule has 1 atom stereocenters. The number of hydrogen-bond donors (Lipinski definition) is 1. The van der Waals surface area contributed by atoms with Crippen LogP contribution in [0.5, 0.6) is 0 Å². The number of rotatable bonds is 14. The Bertz CT molecular complexity index is 579. The van der Waals surface area contributed by atoms with Crippen LogP contribution in [-0.4, -0.2) is 30.3 Å². The Morgan fingerprint density at radius 1 is 1.07 bits per heavy atom. The number of allylic oxidation sites excluding steroid dienone is 2. The Balaban J connectivity index is 2.61. The zero-order valence-electron chi connectivity index (χ0n) is 17.9. The molecule has 5 heteroatoms. The van der Waals surface area contributed by atoms with E-state index in [0.29, 0.717) is 12.0 Å². The second kappa shape index (κ2) is 13.3. The molecule has 0 bridgehead atoms. The van der Waals surface area contributed by atoms with Crippen LogP contribution in [0.4, 0.5) is 0 Å². The average Bonchev–Trinajstić information content (AvgIpc) is 2.96. The molecule has 0 aromatic rings. The number of amides is 1. The maximum atomic E-state index is 12.4. The molecule has 0 aromatic heterocycles. The fraction of sp³-hybridized carbons (Fsp3) is 0.696. The summed E-state index contributed by atoms with van der Waals surface area (Å²) in [5.41, 5.74) is 0.0453. The Hall–Kier alpha value is -1.91.